The van der Waals surface area contributed by atoms with Gasteiger partial charge in [0.15, 0.2) is 5.71 Å². The zero-order valence-corrected chi connectivity index (χ0v) is 32.1. The minimum atomic E-state index is -3.99. The third-order valence-corrected chi connectivity index (χ3v) is 11.5. The summed E-state index contributed by atoms with van der Waals surface area (Å²) in [6, 6.07) is 25.7. The van der Waals surface area contributed by atoms with Crippen molar-refractivity contribution in [2.24, 2.45) is 5.92 Å². The number of carbonyl (C=O) groups excluding carboxylic acids is 1. The van der Waals surface area contributed by atoms with E-state index in [0.717, 1.165) is 11.4 Å². The Morgan fingerprint density at radius 3 is 2.08 bits per heavy atom. The van der Waals surface area contributed by atoms with E-state index in [1.54, 1.807) is 0 Å². The summed E-state index contributed by atoms with van der Waals surface area (Å²) < 4.78 is 34.3. The van der Waals surface area contributed by atoms with Crippen molar-refractivity contribution in [2.45, 2.75) is 71.6 Å². The molecule has 0 radical (unpaired) electrons. The van der Waals surface area contributed by atoms with E-state index in [-0.39, 0.29) is 28.3 Å². The molecule has 1 N–H and O–H groups in total. The average Bonchev–Trinajstić information content (AvgIpc) is 3.46. The van der Waals surface area contributed by atoms with Crippen molar-refractivity contribution in [3.8, 4) is 0 Å². The van der Waals surface area contributed by atoms with Crippen LogP contribution >= 0.6 is 0 Å². The van der Waals surface area contributed by atoms with Crippen LogP contribution in [0.15, 0.2) is 121 Å². The summed E-state index contributed by atoms with van der Waals surface area (Å²) in [4.78, 5) is 15.1. The molecule has 6 rings (SSSR count). The number of benzene rings is 4. The normalized spacial score (nSPS) is 17.6. The average molecular weight is 716 g/mol. The zero-order valence-electron chi connectivity index (χ0n) is 31.3. The van der Waals surface area contributed by atoms with Gasteiger partial charge in [0.25, 0.3) is 10.1 Å². The van der Waals surface area contributed by atoms with Crippen molar-refractivity contribution in [1.82, 2.24) is 0 Å². The lowest BCUT2D eigenvalue weighted by Gasteiger charge is -2.27. The van der Waals surface area contributed by atoms with Crippen LogP contribution in [0.5, 0.6) is 0 Å². The zero-order chi connectivity index (χ0) is 37.3. The molecule has 4 aromatic carbocycles. The molecule has 2 heterocycles. The summed E-state index contributed by atoms with van der Waals surface area (Å²) >= 11 is 0. The number of hydrogen-bond acceptors (Lipinski definition) is 4. The molecule has 270 valence electrons. The van der Waals surface area contributed by atoms with Gasteiger partial charge in [-0.1, -0.05) is 113 Å². The van der Waals surface area contributed by atoms with E-state index in [0.29, 0.717) is 32.4 Å². The van der Waals surface area contributed by atoms with Gasteiger partial charge in [-0.2, -0.15) is 13.0 Å². The Morgan fingerprint density at radius 1 is 0.788 bits per heavy atom. The minimum absolute atomic E-state index is 0.0100. The minimum Gasteiger partial charge on any atom is -0.344 e. The van der Waals surface area contributed by atoms with Gasteiger partial charge in [-0.3, -0.25) is 9.35 Å². The van der Waals surface area contributed by atoms with Crippen LogP contribution in [0.3, 0.4) is 0 Å². The quantitative estimate of drug-likeness (QED) is 0.0646. The maximum absolute atomic E-state index is 12.7. The van der Waals surface area contributed by atoms with E-state index in [9.17, 15) is 17.8 Å². The number of hydrogen-bond donors (Lipinski definition) is 1. The molecule has 0 saturated heterocycles. The molecule has 0 spiro atoms. The van der Waals surface area contributed by atoms with Crippen LogP contribution in [0, 0.1) is 5.92 Å². The summed E-state index contributed by atoms with van der Waals surface area (Å²) in [6.45, 7) is 14.3. The maximum Gasteiger partial charge on any atom is 0.264 e. The van der Waals surface area contributed by atoms with E-state index in [2.05, 4.69) is 134 Å². The highest BCUT2D eigenvalue weighted by atomic mass is 32.2. The standard InChI is InChI=1S/C45H50N2O4S/c1-32(2)39(48)28-30-47-38-27-25-34-19-13-15-21-36(34)43(38)45(5,6)41(47)23-11-9-7-8-10-22-40-44(3,4)42-35-20-14-12-18-33(35)24-26-37(42)46(40)29-16-17-31-52(49,50)51/h7-15,18-27,32H,16-17,28-31H2,1-6H3/p+1. The number of rotatable bonds is 13. The van der Waals surface area contributed by atoms with Gasteiger partial charge in [0, 0.05) is 59.8 Å². The lowest BCUT2D eigenvalue weighted by Crippen LogP contribution is -2.28. The molecule has 0 aromatic heterocycles. The first-order valence-corrected chi connectivity index (χ1v) is 20.0. The third-order valence-electron chi connectivity index (χ3n) is 10.7. The first-order valence-electron chi connectivity index (χ1n) is 18.4. The van der Waals surface area contributed by atoms with Crippen molar-refractivity contribution in [1.29, 1.82) is 0 Å². The summed E-state index contributed by atoms with van der Waals surface area (Å²) in [7, 11) is -3.99. The molecule has 0 saturated carbocycles. The SMILES string of the molecule is CC(C)C(=O)CCN1/C(=C/C=C/C=C/C=C/C2=[N+](CCCCS(=O)(=O)O)c3ccc4ccccc4c3C2(C)C)C(C)(C)c2c1ccc1ccccc21. The van der Waals surface area contributed by atoms with Gasteiger partial charge in [-0.25, -0.2) is 0 Å². The Kier molecular flexibility index (Phi) is 10.6. The van der Waals surface area contributed by atoms with Crippen molar-refractivity contribution in [3.05, 3.63) is 132 Å². The molecule has 6 nitrogen and oxygen atoms in total. The number of anilines is 1. The number of nitrogens with zero attached hydrogens (tertiary/aromatic N) is 2. The maximum atomic E-state index is 12.7. The van der Waals surface area contributed by atoms with Gasteiger partial charge in [0.1, 0.15) is 12.3 Å². The Labute approximate surface area is 309 Å². The molecule has 2 aliphatic rings. The fraction of sp³-hybridized carbons (Fsp3) is 0.333. The predicted molar refractivity (Wildman–Crippen MR) is 217 cm³/mol. The number of allylic oxidation sites excluding steroid dienone is 8. The Hall–Kier alpha value is -4.59. The summed E-state index contributed by atoms with van der Waals surface area (Å²) in [5.74, 6) is 0.0441. The molecular formula is C45H51N2O4S+. The molecule has 0 unspecified atom stereocenters. The van der Waals surface area contributed by atoms with Gasteiger partial charge in [-0.15, -0.1) is 0 Å². The summed E-state index contributed by atoms with van der Waals surface area (Å²) in [5, 5.41) is 4.88. The van der Waals surface area contributed by atoms with Crippen LogP contribution < -0.4 is 4.90 Å². The summed E-state index contributed by atoms with van der Waals surface area (Å²) in [6.07, 6.45) is 16.1. The fourth-order valence-corrected chi connectivity index (χ4v) is 8.67. The van der Waals surface area contributed by atoms with Crippen LogP contribution in [-0.4, -0.2) is 47.9 Å². The lowest BCUT2D eigenvalue weighted by molar-refractivity contribution is -0.438. The smallest absolute Gasteiger partial charge is 0.264 e. The van der Waals surface area contributed by atoms with Crippen LogP contribution in [0.25, 0.3) is 21.5 Å². The molecule has 0 atom stereocenters. The van der Waals surface area contributed by atoms with Crippen molar-refractivity contribution in [2.75, 3.05) is 23.7 Å². The van der Waals surface area contributed by atoms with E-state index in [1.165, 1.54) is 44.1 Å². The first-order chi connectivity index (χ1) is 24.7. The topological polar surface area (TPSA) is 77.7 Å². The second kappa shape index (κ2) is 14.8. The number of carbonyl (C=O) groups is 1. The van der Waals surface area contributed by atoms with Gasteiger partial charge in [0.05, 0.1) is 11.2 Å². The Balaban J connectivity index is 1.26. The molecule has 52 heavy (non-hydrogen) atoms. The highest BCUT2D eigenvalue weighted by molar-refractivity contribution is 7.85. The predicted octanol–water partition coefficient (Wildman–Crippen LogP) is 10.0. The van der Waals surface area contributed by atoms with E-state index >= 15 is 0 Å². The molecule has 2 aliphatic heterocycles. The fourth-order valence-electron chi connectivity index (χ4n) is 8.10. The van der Waals surface area contributed by atoms with E-state index in [1.807, 2.05) is 32.1 Å². The molecule has 0 aliphatic carbocycles. The van der Waals surface area contributed by atoms with Gasteiger partial charge >= 0.3 is 0 Å². The van der Waals surface area contributed by atoms with Crippen molar-refractivity contribution in [3.63, 3.8) is 0 Å². The second-order valence-electron chi connectivity index (χ2n) is 15.3. The molecule has 0 fully saturated rings. The van der Waals surface area contributed by atoms with Crippen LogP contribution in [0.4, 0.5) is 11.4 Å². The molecule has 4 aromatic rings. The summed E-state index contributed by atoms with van der Waals surface area (Å²) in [5.41, 5.74) is 6.66. The highest BCUT2D eigenvalue weighted by Crippen LogP contribution is 2.51. The van der Waals surface area contributed by atoms with Crippen molar-refractivity contribution >= 4 is 54.5 Å². The van der Waals surface area contributed by atoms with Crippen LogP contribution in [-0.2, 0) is 25.7 Å². The number of Topliss-reactive ketones (excluding diaryl/α,β-unsaturated/α-hetero) is 1. The number of unbranched alkanes of at least 4 members (excludes halogenated alkanes) is 1. The number of ketones is 1. The molecule has 0 amide bonds. The third kappa shape index (κ3) is 7.35. The van der Waals surface area contributed by atoms with Gasteiger partial charge in [-0.05, 0) is 65.6 Å². The monoisotopic (exact) mass is 715 g/mol. The van der Waals surface area contributed by atoms with E-state index in [4.69, 9.17) is 0 Å². The molecule has 0 bridgehead atoms. The Bertz CT molecular complexity index is 2290. The molecular weight excluding hydrogens is 665 g/mol. The Morgan fingerprint density at radius 2 is 1.40 bits per heavy atom. The highest BCUT2D eigenvalue weighted by Gasteiger charge is 2.45. The van der Waals surface area contributed by atoms with Gasteiger partial charge < -0.3 is 4.90 Å². The number of fused-ring (bicyclic) bond motifs is 6. The van der Waals surface area contributed by atoms with Crippen molar-refractivity contribution < 1.29 is 22.3 Å². The first kappa shape index (κ1) is 37.2. The van der Waals surface area contributed by atoms with Crippen LogP contribution in [0.1, 0.15) is 71.9 Å². The van der Waals surface area contributed by atoms with Gasteiger partial charge in [0.2, 0.25) is 5.69 Å². The second-order valence-corrected chi connectivity index (χ2v) is 16.9. The van der Waals surface area contributed by atoms with Crippen LogP contribution in [0.2, 0.25) is 0 Å². The largest absolute Gasteiger partial charge is 0.344 e. The lowest BCUT2D eigenvalue weighted by atomic mass is 9.79. The van der Waals surface area contributed by atoms with E-state index < -0.39 is 10.1 Å². The molecule has 7 heteroatoms.